The fourth-order valence-corrected chi connectivity index (χ4v) is 5.36. The van der Waals surface area contributed by atoms with Gasteiger partial charge in [0.15, 0.2) is 0 Å². The molecule has 0 aliphatic carbocycles. The summed E-state index contributed by atoms with van der Waals surface area (Å²) in [6.07, 6.45) is -2.96. The maximum absolute atomic E-state index is 13.8. The van der Waals surface area contributed by atoms with Crippen molar-refractivity contribution in [1.82, 2.24) is 24.6 Å². The van der Waals surface area contributed by atoms with E-state index in [9.17, 15) is 28.0 Å². The third-order valence-corrected chi connectivity index (χ3v) is 7.73. The zero-order valence-electron chi connectivity index (χ0n) is 21.3. The molecule has 2 aliphatic rings. The van der Waals surface area contributed by atoms with Crippen LogP contribution in [-0.2, 0) is 19.1 Å². The van der Waals surface area contributed by atoms with Gasteiger partial charge in [0.2, 0.25) is 0 Å². The van der Waals surface area contributed by atoms with E-state index < -0.39 is 17.9 Å². The molecule has 3 aromatic rings. The molecule has 2 aromatic heterocycles. The van der Waals surface area contributed by atoms with Crippen LogP contribution in [0, 0.1) is 11.3 Å². The topological polar surface area (TPSA) is 95.1 Å². The summed E-state index contributed by atoms with van der Waals surface area (Å²) < 4.78 is 40.6. The normalized spacial score (nSPS) is 19.8. The van der Waals surface area contributed by atoms with Crippen molar-refractivity contribution in [2.24, 2.45) is 0 Å². The molecule has 1 unspecified atom stereocenters. The van der Waals surface area contributed by atoms with Gasteiger partial charge < -0.3 is 9.80 Å². The quantitative estimate of drug-likeness (QED) is 0.443. The molecule has 2 amide bonds. The van der Waals surface area contributed by atoms with Crippen molar-refractivity contribution < 1.29 is 22.8 Å². The zero-order valence-corrected chi connectivity index (χ0v) is 22.1. The van der Waals surface area contributed by atoms with E-state index in [1.807, 2.05) is 19.9 Å². The fraction of sp³-hybridized carbons (Fsp3) is 0.370. The van der Waals surface area contributed by atoms with E-state index in [-0.39, 0.29) is 41.0 Å². The minimum Gasteiger partial charge on any atom is -0.331 e. The molecular formula is C27H24ClF3N6O2. The lowest BCUT2D eigenvalue weighted by molar-refractivity contribution is -0.141. The average Bonchev–Trinajstić information content (AvgIpc) is 3.28. The largest absolute Gasteiger partial charge is 0.433 e. The van der Waals surface area contributed by atoms with Crippen molar-refractivity contribution in [1.29, 1.82) is 5.26 Å². The minimum absolute atomic E-state index is 0.150. The maximum Gasteiger partial charge on any atom is 0.433 e. The number of carbonyl (C=O) groups is 2. The lowest BCUT2D eigenvalue weighted by atomic mass is 9.96. The number of halogens is 4. The molecule has 202 valence electrons. The number of nitrogens with zero attached hydrogens (tertiary/aromatic N) is 6. The van der Waals surface area contributed by atoms with Crippen molar-refractivity contribution in [2.75, 3.05) is 6.54 Å². The number of fused-ring (bicyclic) bond motifs is 3. The Labute approximate surface area is 227 Å². The van der Waals surface area contributed by atoms with Crippen molar-refractivity contribution in [2.45, 2.75) is 58.0 Å². The van der Waals surface area contributed by atoms with Crippen LogP contribution in [0.25, 0.3) is 0 Å². The summed E-state index contributed by atoms with van der Waals surface area (Å²) in [6, 6.07) is 7.82. The van der Waals surface area contributed by atoms with Gasteiger partial charge in [-0.3, -0.25) is 19.3 Å². The van der Waals surface area contributed by atoms with Gasteiger partial charge in [-0.25, -0.2) is 0 Å². The molecule has 0 N–H and O–H groups in total. The smallest absolute Gasteiger partial charge is 0.331 e. The summed E-state index contributed by atoms with van der Waals surface area (Å²) in [6.45, 7) is 6.03. The van der Waals surface area contributed by atoms with Crippen LogP contribution in [0.1, 0.15) is 81.8 Å². The van der Waals surface area contributed by atoms with E-state index in [0.29, 0.717) is 35.3 Å². The second-order valence-corrected chi connectivity index (χ2v) is 10.4. The minimum atomic E-state index is -4.55. The van der Waals surface area contributed by atoms with Crippen LogP contribution < -0.4 is 0 Å². The fourth-order valence-electron chi connectivity index (χ4n) is 5.20. The van der Waals surface area contributed by atoms with Crippen molar-refractivity contribution >= 4 is 23.4 Å². The molecule has 0 fully saturated rings. The van der Waals surface area contributed by atoms with Crippen LogP contribution in [0.4, 0.5) is 13.2 Å². The molecule has 3 atom stereocenters. The standard InChI is InChI=1S/C27H24ClF3N6O2/c1-14-8-22-20(13-35(14)25(38)17-4-6-21(28)19(9-17)10-32)24-26(39)36(12-15(2)37(24)34-22)16(3)18-5-7-23(33-11-18)27(29,30)31/h4-7,9,11,14-16H,8,12-13H2,1-3H3/t14-,15-,16?/m1/s1. The van der Waals surface area contributed by atoms with Gasteiger partial charge >= 0.3 is 6.18 Å². The van der Waals surface area contributed by atoms with Gasteiger partial charge in [0, 0.05) is 36.3 Å². The Balaban J connectivity index is 1.45. The lowest BCUT2D eigenvalue weighted by Crippen LogP contribution is -2.45. The zero-order chi connectivity index (χ0) is 28.2. The maximum atomic E-state index is 13.8. The van der Waals surface area contributed by atoms with Crippen LogP contribution in [0.2, 0.25) is 5.02 Å². The number of benzene rings is 1. The Morgan fingerprint density at radius 1 is 1.21 bits per heavy atom. The second kappa shape index (κ2) is 9.68. The number of nitriles is 1. The van der Waals surface area contributed by atoms with Gasteiger partial charge in [0.1, 0.15) is 17.5 Å². The summed E-state index contributed by atoms with van der Waals surface area (Å²) in [5, 5.41) is 14.3. The van der Waals surface area contributed by atoms with Crippen LogP contribution >= 0.6 is 11.6 Å². The molecule has 39 heavy (non-hydrogen) atoms. The summed E-state index contributed by atoms with van der Waals surface area (Å²) in [7, 11) is 0. The van der Waals surface area contributed by atoms with E-state index in [1.54, 1.807) is 27.5 Å². The number of hydrogen-bond donors (Lipinski definition) is 0. The van der Waals surface area contributed by atoms with E-state index in [0.717, 1.165) is 18.0 Å². The Bertz CT molecular complexity index is 1510. The highest BCUT2D eigenvalue weighted by atomic mass is 35.5. The summed E-state index contributed by atoms with van der Waals surface area (Å²) >= 11 is 6.03. The van der Waals surface area contributed by atoms with Crippen LogP contribution in [-0.4, -0.2) is 49.0 Å². The third-order valence-electron chi connectivity index (χ3n) is 7.40. The monoisotopic (exact) mass is 556 g/mol. The highest BCUT2D eigenvalue weighted by Gasteiger charge is 2.41. The number of hydrogen-bond acceptors (Lipinski definition) is 5. The SMILES string of the molecule is CC(c1ccc(C(F)(F)F)nc1)N1C[C@@H](C)n2nc3c(c2C1=O)CN(C(=O)c1ccc(Cl)c(C#N)c1)[C@H](C)C3. The molecular weight excluding hydrogens is 533 g/mol. The lowest BCUT2D eigenvalue weighted by Gasteiger charge is -2.37. The first kappa shape index (κ1) is 26.7. The molecule has 0 saturated heterocycles. The molecule has 2 aliphatic heterocycles. The molecule has 0 bridgehead atoms. The first-order valence-corrected chi connectivity index (χ1v) is 12.7. The van der Waals surface area contributed by atoms with Crippen LogP contribution in [0.15, 0.2) is 36.5 Å². The summed E-state index contributed by atoms with van der Waals surface area (Å²) in [5.74, 6) is -0.604. The van der Waals surface area contributed by atoms with E-state index >= 15 is 0 Å². The Morgan fingerprint density at radius 2 is 1.95 bits per heavy atom. The predicted molar refractivity (Wildman–Crippen MR) is 135 cm³/mol. The van der Waals surface area contributed by atoms with Gasteiger partial charge in [-0.2, -0.15) is 23.5 Å². The number of aromatic nitrogens is 3. The summed E-state index contributed by atoms with van der Waals surface area (Å²) in [4.78, 5) is 34.1. The first-order chi connectivity index (χ1) is 18.4. The predicted octanol–water partition coefficient (Wildman–Crippen LogP) is 5.19. The Hall–Kier alpha value is -3.91. The van der Waals surface area contributed by atoms with E-state index in [1.165, 1.54) is 18.2 Å². The van der Waals surface area contributed by atoms with Gasteiger partial charge in [-0.05, 0) is 50.6 Å². The van der Waals surface area contributed by atoms with E-state index in [4.69, 9.17) is 16.7 Å². The van der Waals surface area contributed by atoms with Gasteiger partial charge in [0.25, 0.3) is 11.8 Å². The molecule has 0 spiro atoms. The molecule has 5 rings (SSSR count). The average molecular weight is 557 g/mol. The Kier molecular flexibility index (Phi) is 6.63. The highest BCUT2D eigenvalue weighted by molar-refractivity contribution is 6.31. The molecule has 4 heterocycles. The van der Waals surface area contributed by atoms with Gasteiger partial charge in [0.05, 0.1) is 34.9 Å². The number of rotatable bonds is 3. The van der Waals surface area contributed by atoms with Crippen LogP contribution in [0.5, 0.6) is 0 Å². The third kappa shape index (κ3) is 4.63. The van der Waals surface area contributed by atoms with Crippen molar-refractivity contribution in [3.63, 3.8) is 0 Å². The number of carbonyl (C=O) groups excluding carboxylic acids is 2. The summed E-state index contributed by atoms with van der Waals surface area (Å²) in [5.41, 5.74) is 1.75. The Morgan fingerprint density at radius 3 is 2.59 bits per heavy atom. The van der Waals surface area contributed by atoms with Gasteiger partial charge in [-0.15, -0.1) is 0 Å². The number of pyridine rings is 1. The van der Waals surface area contributed by atoms with E-state index in [2.05, 4.69) is 4.98 Å². The molecule has 1 aromatic carbocycles. The molecule has 0 saturated carbocycles. The van der Waals surface area contributed by atoms with Gasteiger partial charge in [-0.1, -0.05) is 17.7 Å². The number of alkyl halides is 3. The molecule has 8 nitrogen and oxygen atoms in total. The molecule has 12 heteroatoms. The second-order valence-electron chi connectivity index (χ2n) is 9.97. The first-order valence-electron chi connectivity index (χ1n) is 12.4. The number of amides is 2. The van der Waals surface area contributed by atoms with Crippen molar-refractivity contribution in [3.05, 3.63) is 80.9 Å². The van der Waals surface area contributed by atoms with Crippen molar-refractivity contribution in [3.8, 4) is 6.07 Å². The van der Waals surface area contributed by atoms with Crippen LogP contribution in [0.3, 0.4) is 0 Å². The molecule has 0 radical (unpaired) electrons. The highest BCUT2D eigenvalue weighted by Crippen LogP contribution is 2.36.